The molecule has 0 fully saturated rings. The van der Waals surface area contributed by atoms with Gasteiger partial charge in [0.1, 0.15) is 5.82 Å². The molecular weight excluding hydrogens is 390 g/mol. The summed E-state index contributed by atoms with van der Waals surface area (Å²) in [7, 11) is 0. The number of rotatable bonds is 2. The van der Waals surface area contributed by atoms with Crippen molar-refractivity contribution in [1.82, 2.24) is 14.1 Å². The fraction of sp³-hybridized carbons (Fsp3) is 0.0690. The fourth-order valence-corrected chi connectivity index (χ4v) is 5.32. The number of fused-ring (bicyclic) bond motifs is 7. The van der Waals surface area contributed by atoms with Crippen LogP contribution in [-0.4, -0.2) is 14.1 Å². The Kier molecular flexibility index (Phi) is 3.67. The molecule has 0 aliphatic heterocycles. The van der Waals surface area contributed by atoms with Crippen LogP contribution in [0.2, 0.25) is 0 Å². The minimum atomic E-state index is 0.945. The predicted octanol–water partition coefficient (Wildman–Crippen LogP) is 7.48. The largest absolute Gasteiger partial charge is 0.312 e. The number of para-hydroxylation sites is 2. The second-order valence-electron chi connectivity index (χ2n) is 8.37. The number of nitrogens with zero attached hydrogens (tertiary/aromatic N) is 3. The van der Waals surface area contributed by atoms with Crippen LogP contribution in [-0.2, 0) is 0 Å². The average Bonchev–Trinajstić information content (AvgIpc) is 3.38. The number of allylic oxidation sites excluding steroid dienone is 4. The van der Waals surface area contributed by atoms with Gasteiger partial charge in [0.05, 0.1) is 22.1 Å². The molecule has 0 N–H and O–H groups in total. The summed E-state index contributed by atoms with van der Waals surface area (Å²) in [6.07, 6.45) is 10.7. The van der Waals surface area contributed by atoms with Gasteiger partial charge in [-0.3, -0.25) is 4.57 Å². The summed E-state index contributed by atoms with van der Waals surface area (Å²) in [5, 5.41) is 5.15. The van der Waals surface area contributed by atoms with Crippen LogP contribution in [0.25, 0.3) is 55.1 Å². The first kappa shape index (κ1) is 17.6. The molecule has 3 nitrogen and oxygen atoms in total. The molecule has 1 aliphatic carbocycles. The Balaban J connectivity index is 1.75. The van der Waals surface area contributed by atoms with Crippen LogP contribution < -0.4 is 0 Å². The molecule has 6 aromatic rings. The molecule has 1 aliphatic rings. The maximum absolute atomic E-state index is 4.69. The van der Waals surface area contributed by atoms with Crippen LogP contribution in [0.1, 0.15) is 12.8 Å². The predicted molar refractivity (Wildman–Crippen MR) is 134 cm³/mol. The highest BCUT2D eigenvalue weighted by molar-refractivity contribution is 6.26. The first-order valence-corrected chi connectivity index (χ1v) is 11.1. The molecule has 3 aromatic carbocycles. The minimum absolute atomic E-state index is 0.945. The molecule has 7 rings (SSSR count). The van der Waals surface area contributed by atoms with E-state index in [1.807, 2.05) is 12.3 Å². The first-order valence-electron chi connectivity index (χ1n) is 11.1. The topological polar surface area (TPSA) is 22.8 Å². The van der Waals surface area contributed by atoms with Crippen molar-refractivity contribution >= 4 is 49.3 Å². The summed E-state index contributed by atoms with van der Waals surface area (Å²) in [4.78, 5) is 4.69. The van der Waals surface area contributed by atoms with Crippen LogP contribution >= 0.6 is 0 Å². The number of hydrogen-bond donors (Lipinski definition) is 0. The van der Waals surface area contributed by atoms with E-state index < -0.39 is 0 Å². The third kappa shape index (κ3) is 2.33. The summed E-state index contributed by atoms with van der Waals surface area (Å²) in [6.45, 7) is 0. The van der Waals surface area contributed by atoms with Crippen LogP contribution in [0.3, 0.4) is 0 Å². The molecule has 0 unspecified atom stereocenters. The van der Waals surface area contributed by atoms with E-state index in [0.717, 1.165) is 18.7 Å². The van der Waals surface area contributed by atoms with Gasteiger partial charge in [-0.05, 0) is 49.2 Å². The standard InChI is InChI=1S/C29H21N3/c1-2-10-20(11-3-1)31-24-14-6-4-12-21(24)22-17-18-26-28(29(22)31)23-13-5-7-15-25(23)32(26)27-16-8-9-19-30-27/h1-2,4-10,12-19H,3,11H2. The molecule has 32 heavy (non-hydrogen) atoms. The molecule has 152 valence electrons. The van der Waals surface area contributed by atoms with Crippen molar-refractivity contribution in [3.05, 3.63) is 103 Å². The fourth-order valence-electron chi connectivity index (χ4n) is 5.32. The van der Waals surface area contributed by atoms with E-state index >= 15 is 0 Å². The van der Waals surface area contributed by atoms with Gasteiger partial charge < -0.3 is 4.57 Å². The maximum Gasteiger partial charge on any atom is 0.137 e. The summed E-state index contributed by atoms with van der Waals surface area (Å²) in [5.41, 5.74) is 6.28. The van der Waals surface area contributed by atoms with E-state index in [9.17, 15) is 0 Å². The lowest BCUT2D eigenvalue weighted by molar-refractivity contribution is 0.980. The van der Waals surface area contributed by atoms with Gasteiger partial charge in [-0.1, -0.05) is 60.7 Å². The van der Waals surface area contributed by atoms with Gasteiger partial charge in [-0.15, -0.1) is 0 Å². The Morgan fingerprint density at radius 1 is 0.656 bits per heavy atom. The number of aromatic nitrogens is 3. The molecule has 3 heteroatoms. The van der Waals surface area contributed by atoms with Gasteiger partial charge in [-0.2, -0.15) is 0 Å². The highest BCUT2D eigenvalue weighted by Crippen LogP contribution is 2.42. The smallest absolute Gasteiger partial charge is 0.137 e. The molecule has 0 radical (unpaired) electrons. The lowest BCUT2D eigenvalue weighted by Gasteiger charge is -2.14. The zero-order chi connectivity index (χ0) is 21.1. The molecule has 0 bridgehead atoms. The highest BCUT2D eigenvalue weighted by Gasteiger charge is 2.21. The first-order chi connectivity index (χ1) is 15.9. The monoisotopic (exact) mass is 411 g/mol. The molecule has 3 aromatic heterocycles. The van der Waals surface area contributed by atoms with Gasteiger partial charge in [-0.25, -0.2) is 4.98 Å². The van der Waals surface area contributed by atoms with Gasteiger partial charge in [0, 0.05) is 33.4 Å². The average molecular weight is 412 g/mol. The molecule has 0 saturated heterocycles. The van der Waals surface area contributed by atoms with Crippen LogP contribution in [0.4, 0.5) is 0 Å². The van der Waals surface area contributed by atoms with E-state index in [1.54, 1.807) is 0 Å². The lowest BCUT2D eigenvalue weighted by atomic mass is 10.1. The van der Waals surface area contributed by atoms with Crippen molar-refractivity contribution in [3.8, 4) is 5.82 Å². The second-order valence-corrected chi connectivity index (χ2v) is 8.37. The van der Waals surface area contributed by atoms with E-state index in [0.29, 0.717) is 0 Å². The van der Waals surface area contributed by atoms with Gasteiger partial charge in [0.15, 0.2) is 0 Å². The Hall–Kier alpha value is -4.11. The van der Waals surface area contributed by atoms with Crippen molar-refractivity contribution in [2.45, 2.75) is 12.8 Å². The molecular formula is C29H21N3. The van der Waals surface area contributed by atoms with Crippen molar-refractivity contribution in [2.75, 3.05) is 0 Å². The van der Waals surface area contributed by atoms with E-state index in [-0.39, 0.29) is 0 Å². The van der Waals surface area contributed by atoms with Gasteiger partial charge >= 0.3 is 0 Å². The van der Waals surface area contributed by atoms with Crippen molar-refractivity contribution in [3.63, 3.8) is 0 Å². The van der Waals surface area contributed by atoms with Crippen molar-refractivity contribution in [2.24, 2.45) is 0 Å². The van der Waals surface area contributed by atoms with Crippen LogP contribution in [0.5, 0.6) is 0 Å². The minimum Gasteiger partial charge on any atom is -0.312 e. The normalized spacial score (nSPS) is 14.1. The summed E-state index contributed by atoms with van der Waals surface area (Å²) in [6, 6.07) is 28.1. The van der Waals surface area contributed by atoms with E-state index in [2.05, 4.69) is 100 Å². The third-order valence-corrected chi connectivity index (χ3v) is 6.63. The lowest BCUT2D eigenvalue weighted by Crippen LogP contribution is -1.99. The Bertz CT molecular complexity index is 1710. The number of pyridine rings is 1. The van der Waals surface area contributed by atoms with E-state index in [1.165, 1.54) is 49.3 Å². The third-order valence-electron chi connectivity index (χ3n) is 6.63. The number of hydrogen-bond acceptors (Lipinski definition) is 1. The summed E-state index contributed by atoms with van der Waals surface area (Å²) in [5.74, 6) is 0.945. The van der Waals surface area contributed by atoms with Crippen molar-refractivity contribution < 1.29 is 0 Å². The maximum atomic E-state index is 4.69. The van der Waals surface area contributed by atoms with E-state index in [4.69, 9.17) is 4.98 Å². The van der Waals surface area contributed by atoms with Crippen molar-refractivity contribution in [1.29, 1.82) is 0 Å². The Morgan fingerprint density at radius 2 is 1.44 bits per heavy atom. The molecule has 0 atom stereocenters. The van der Waals surface area contributed by atoms with Crippen LogP contribution in [0.15, 0.2) is 103 Å². The highest BCUT2D eigenvalue weighted by atomic mass is 15.1. The van der Waals surface area contributed by atoms with Gasteiger partial charge in [0.2, 0.25) is 0 Å². The molecule has 0 saturated carbocycles. The summed E-state index contributed by atoms with van der Waals surface area (Å²) >= 11 is 0. The number of benzene rings is 3. The quantitative estimate of drug-likeness (QED) is 0.290. The molecule has 0 amide bonds. The Morgan fingerprint density at radius 3 is 2.22 bits per heavy atom. The zero-order valence-corrected chi connectivity index (χ0v) is 17.6. The van der Waals surface area contributed by atoms with Crippen LogP contribution in [0, 0.1) is 0 Å². The SMILES string of the molecule is C1=CCCC(n2c3ccccc3c3ccc4c(c5ccccc5n4-c4ccccn4)c32)=C1. The molecule has 0 spiro atoms. The second kappa shape index (κ2) is 6.69. The zero-order valence-electron chi connectivity index (χ0n) is 17.6. The Labute approximate surface area is 185 Å². The molecule has 3 heterocycles. The van der Waals surface area contributed by atoms with Gasteiger partial charge in [0.25, 0.3) is 0 Å². The summed E-state index contributed by atoms with van der Waals surface area (Å²) < 4.78 is 4.78.